The Hall–Kier alpha value is -2.29. The maximum Gasteiger partial charge on any atom is 0.337 e. The zero-order valence-electron chi connectivity index (χ0n) is 11.7. The molecule has 3 heteroatoms. The van der Waals surface area contributed by atoms with Gasteiger partial charge in [-0.2, -0.15) is 0 Å². The fourth-order valence-corrected chi connectivity index (χ4v) is 2.72. The van der Waals surface area contributed by atoms with E-state index in [0.717, 1.165) is 18.5 Å². The molecule has 0 atom stereocenters. The molecule has 0 radical (unpaired) electrons. The molecule has 0 fully saturated rings. The van der Waals surface area contributed by atoms with Gasteiger partial charge < -0.3 is 10.1 Å². The Kier molecular flexibility index (Phi) is 3.18. The number of anilines is 1. The number of nitrogens with one attached hydrogen (secondary N) is 1. The van der Waals surface area contributed by atoms with E-state index in [2.05, 4.69) is 24.4 Å². The third kappa shape index (κ3) is 2.16. The van der Waals surface area contributed by atoms with Gasteiger partial charge in [0.1, 0.15) is 0 Å². The molecule has 0 spiro atoms. The van der Waals surface area contributed by atoms with Crippen LogP contribution in [0.5, 0.6) is 0 Å². The second kappa shape index (κ2) is 5.00. The van der Waals surface area contributed by atoms with E-state index in [0.29, 0.717) is 5.56 Å². The third-order valence-corrected chi connectivity index (χ3v) is 3.75. The number of hydrogen-bond acceptors (Lipinski definition) is 3. The van der Waals surface area contributed by atoms with Gasteiger partial charge in [-0.3, -0.25) is 0 Å². The van der Waals surface area contributed by atoms with E-state index in [1.807, 2.05) is 24.3 Å². The first-order valence-electron chi connectivity index (χ1n) is 6.75. The normalized spacial score (nSPS) is 12.7. The number of carbonyl (C=O) groups excluding carboxylic acids is 1. The molecule has 0 unspecified atom stereocenters. The van der Waals surface area contributed by atoms with Crippen LogP contribution in [0.1, 0.15) is 21.5 Å². The zero-order valence-corrected chi connectivity index (χ0v) is 11.7. The van der Waals surface area contributed by atoms with Crippen molar-refractivity contribution in [3.63, 3.8) is 0 Å². The Morgan fingerprint density at radius 3 is 2.60 bits per heavy atom. The van der Waals surface area contributed by atoms with Crippen molar-refractivity contribution in [2.24, 2.45) is 0 Å². The molecular weight excluding hydrogens is 250 g/mol. The summed E-state index contributed by atoms with van der Waals surface area (Å²) < 4.78 is 4.71. The minimum absolute atomic E-state index is 0.300. The molecule has 0 amide bonds. The van der Waals surface area contributed by atoms with Crippen molar-refractivity contribution in [1.29, 1.82) is 0 Å². The number of hydrogen-bond donors (Lipinski definition) is 1. The summed E-state index contributed by atoms with van der Waals surface area (Å²) in [6.45, 7) is 3.14. The molecule has 2 aromatic carbocycles. The molecule has 0 aromatic heterocycles. The van der Waals surface area contributed by atoms with E-state index in [1.54, 1.807) is 0 Å². The van der Waals surface area contributed by atoms with Gasteiger partial charge in [-0.05, 0) is 59.9 Å². The topological polar surface area (TPSA) is 38.3 Å². The Labute approximate surface area is 118 Å². The number of aryl methyl sites for hydroxylation is 1. The van der Waals surface area contributed by atoms with Crippen LogP contribution in [0.2, 0.25) is 0 Å². The lowest BCUT2D eigenvalue weighted by Crippen LogP contribution is -2.00. The summed E-state index contributed by atoms with van der Waals surface area (Å²) in [5.74, 6) is -0.300. The summed E-state index contributed by atoms with van der Waals surface area (Å²) >= 11 is 0. The summed E-state index contributed by atoms with van der Waals surface area (Å²) in [6.07, 6.45) is 1.07. The van der Waals surface area contributed by atoms with Crippen molar-refractivity contribution in [3.8, 4) is 11.1 Å². The maximum atomic E-state index is 11.4. The average molecular weight is 267 g/mol. The minimum atomic E-state index is -0.300. The molecule has 20 heavy (non-hydrogen) atoms. The molecule has 3 nitrogen and oxygen atoms in total. The van der Waals surface area contributed by atoms with Gasteiger partial charge in [0.25, 0.3) is 0 Å². The second-order valence-electron chi connectivity index (χ2n) is 5.07. The first kappa shape index (κ1) is 12.7. The highest BCUT2D eigenvalue weighted by molar-refractivity contribution is 5.90. The predicted octanol–water partition coefficient (Wildman–Crippen LogP) is 3.42. The molecule has 102 valence electrons. The molecule has 1 heterocycles. The van der Waals surface area contributed by atoms with E-state index in [1.165, 1.54) is 29.5 Å². The quantitative estimate of drug-likeness (QED) is 0.847. The van der Waals surface area contributed by atoms with Crippen molar-refractivity contribution in [1.82, 2.24) is 0 Å². The monoisotopic (exact) mass is 267 g/mol. The van der Waals surface area contributed by atoms with Gasteiger partial charge in [-0.1, -0.05) is 12.1 Å². The van der Waals surface area contributed by atoms with Crippen LogP contribution < -0.4 is 5.32 Å². The SMILES string of the molecule is COC(=O)c1ccc(-c2cc(C)c3c(c2)CCN3)cc1. The molecule has 2 aromatic rings. The molecule has 1 N–H and O–H groups in total. The van der Waals surface area contributed by atoms with Gasteiger partial charge in [0.05, 0.1) is 12.7 Å². The van der Waals surface area contributed by atoms with Gasteiger partial charge in [-0.15, -0.1) is 0 Å². The molecule has 0 aliphatic carbocycles. The Balaban J connectivity index is 1.97. The third-order valence-electron chi connectivity index (χ3n) is 3.75. The highest BCUT2D eigenvalue weighted by Gasteiger charge is 2.14. The first-order chi connectivity index (χ1) is 9.69. The van der Waals surface area contributed by atoms with Gasteiger partial charge in [0, 0.05) is 12.2 Å². The molecule has 0 saturated carbocycles. The lowest BCUT2D eigenvalue weighted by molar-refractivity contribution is 0.0601. The first-order valence-corrected chi connectivity index (χ1v) is 6.75. The average Bonchev–Trinajstić information content (AvgIpc) is 2.95. The number of benzene rings is 2. The highest BCUT2D eigenvalue weighted by Crippen LogP contribution is 2.32. The largest absolute Gasteiger partial charge is 0.465 e. The van der Waals surface area contributed by atoms with Crippen LogP contribution in [-0.4, -0.2) is 19.6 Å². The van der Waals surface area contributed by atoms with E-state index in [4.69, 9.17) is 4.74 Å². The van der Waals surface area contributed by atoms with Crippen LogP contribution in [0.4, 0.5) is 5.69 Å². The maximum absolute atomic E-state index is 11.4. The number of rotatable bonds is 2. The summed E-state index contributed by atoms with van der Waals surface area (Å²) in [5.41, 5.74) is 6.82. The molecule has 1 aliphatic rings. The highest BCUT2D eigenvalue weighted by atomic mass is 16.5. The zero-order chi connectivity index (χ0) is 14.1. The second-order valence-corrected chi connectivity index (χ2v) is 5.07. The van der Waals surface area contributed by atoms with Crippen LogP contribution in [0.25, 0.3) is 11.1 Å². The van der Waals surface area contributed by atoms with E-state index < -0.39 is 0 Å². The van der Waals surface area contributed by atoms with E-state index >= 15 is 0 Å². The van der Waals surface area contributed by atoms with Crippen LogP contribution >= 0.6 is 0 Å². The Morgan fingerprint density at radius 2 is 1.90 bits per heavy atom. The summed E-state index contributed by atoms with van der Waals surface area (Å²) in [4.78, 5) is 11.4. The molecule has 1 aliphatic heterocycles. The Morgan fingerprint density at radius 1 is 1.15 bits per heavy atom. The fourth-order valence-electron chi connectivity index (χ4n) is 2.72. The summed E-state index contributed by atoms with van der Waals surface area (Å²) in [7, 11) is 1.40. The minimum Gasteiger partial charge on any atom is -0.465 e. The van der Waals surface area contributed by atoms with Crippen LogP contribution in [0.15, 0.2) is 36.4 Å². The van der Waals surface area contributed by atoms with Crippen LogP contribution in [0, 0.1) is 6.92 Å². The summed E-state index contributed by atoms with van der Waals surface area (Å²) in [5, 5.41) is 3.42. The van der Waals surface area contributed by atoms with Gasteiger partial charge in [-0.25, -0.2) is 4.79 Å². The fraction of sp³-hybridized carbons (Fsp3) is 0.235. The van der Waals surface area contributed by atoms with E-state index in [-0.39, 0.29) is 5.97 Å². The number of carbonyl (C=O) groups is 1. The summed E-state index contributed by atoms with van der Waals surface area (Å²) in [6, 6.07) is 12.0. The van der Waals surface area contributed by atoms with Gasteiger partial charge in [0.2, 0.25) is 0 Å². The molecule has 3 rings (SSSR count). The molecule has 0 bridgehead atoms. The molecule has 0 saturated heterocycles. The Bertz CT molecular complexity index is 659. The van der Waals surface area contributed by atoms with Crippen LogP contribution in [-0.2, 0) is 11.2 Å². The van der Waals surface area contributed by atoms with Crippen molar-refractivity contribution < 1.29 is 9.53 Å². The number of methoxy groups -OCH3 is 1. The van der Waals surface area contributed by atoms with Crippen molar-refractivity contribution >= 4 is 11.7 Å². The van der Waals surface area contributed by atoms with Gasteiger partial charge >= 0.3 is 5.97 Å². The standard InChI is InChI=1S/C17H17NO2/c1-11-9-15(10-14-7-8-18-16(11)14)12-3-5-13(6-4-12)17(19)20-2/h3-6,9-10,18H,7-8H2,1-2H3. The lowest BCUT2D eigenvalue weighted by atomic mass is 9.98. The molecular formula is C17H17NO2. The van der Waals surface area contributed by atoms with Crippen LogP contribution in [0.3, 0.4) is 0 Å². The van der Waals surface area contributed by atoms with Gasteiger partial charge in [0.15, 0.2) is 0 Å². The smallest absolute Gasteiger partial charge is 0.337 e. The predicted molar refractivity (Wildman–Crippen MR) is 80.1 cm³/mol. The van der Waals surface area contributed by atoms with Crippen molar-refractivity contribution in [2.45, 2.75) is 13.3 Å². The number of fused-ring (bicyclic) bond motifs is 1. The number of esters is 1. The van der Waals surface area contributed by atoms with E-state index in [9.17, 15) is 4.79 Å². The van der Waals surface area contributed by atoms with Crippen molar-refractivity contribution in [2.75, 3.05) is 19.0 Å². The number of ether oxygens (including phenoxy) is 1. The van der Waals surface area contributed by atoms with Crippen molar-refractivity contribution in [3.05, 3.63) is 53.1 Å². The lowest BCUT2D eigenvalue weighted by Gasteiger charge is -2.09.